The van der Waals surface area contributed by atoms with E-state index in [0.29, 0.717) is 22.6 Å². The van der Waals surface area contributed by atoms with E-state index in [4.69, 9.17) is 19.6 Å². The van der Waals surface area contributed by atoms with Crippen molar-refractivity contribution in [1.82, 2.24) is 0 Å². The van der Waals surface area contributed by atoms with Gasteiger partial charge in [0, 0.05) is 0 Å². The number of rotatable bonds is 8. The summed E-state index contributed by atoms with van der Waals surface area (Å²) in [7, 11) is 9.76. The van der Waals surface area contributed by atoms with E-state index in [1.54, 1.807) is 62.8 Å². The molecule has 0 heterocycles. The molecule has 0 atom stereocenters. The van der Waals surface area contributed by atoms with Crippen LogP contribution in [0.2, 0.25) is 16.5 Å². The summed E-state index contributed by atoms with van der Waals surface area (Å²) in [6.45, 7) is 0. The SMILES string of the molecule is COc1ccc(C(=O)C[Se](C)(Cl)CC(=O)c2ccc(OC)cc2)cc1. The van der Waals surface area contributed by atoms with Crippen molar-refractivity contribution in [3.05, 3.63) is 59.7 Å². The van der Waals surface area contributed by atoms with Gasteiger partial charge in [0.1, 0.15) is 0 Å². The second-order valence-electron chi connectivity index (χ2n) is 5.75. The quantitative estimate of drug-likeness (QED) is 0.457. The van der Waals surface area contributed by atoms with Crippen molar-refractivity contribution in [3.8, 4) is 11.5 Å². The van der Waals surface area contributed by atoms with Crippen LogP contribution < -0.4 is 9.47 Å². The number of carbonyl (C=O) groups excluding carboxylic acids is 2. The van der Waals surface area contributed by atoms with Gasteiger partial charge in [-0.1, -0.05) is 0 Å². The van der Waals surface area contributed by atoms with Crippen LogP contribution in [0, 0.1) is 0 Å². The fraction of sp³-hybridized carbons (Fsp3) is 0.263. The number of ether oxygens (including phenoxy) is 2. The van der Waals surface area contributed by atoms with Crippen LogP contribution in [0.3, 0.4) is 0 Å². The Balaban J connectivity index is 2.01. The summed E-state index contributed by atoms with van der Waals surface area (Å²) in [6.07, 6.45) is 0. The molecule has 0 aromatic heterocycles. The van der Waals surface area contributed by atoms with Crippen LogP contribution in [-0.2, 0) is 0 Å². The Morgan fingerprint density at radius 3 is 1.40 bits per heavy atom. The molecule has 0 aliphatic heterocycles. The van der Waals surface area contributed by atoms with Gasteiger partial charge >= 0.3 is 154 Å². The first-order chi connectivity index (χ1) is 11.8. The number of methoxy groups -OCH3 is 2. The van der Waals surface area contributed by atoms with Gasteiger partial charge in [0.05, 0.1) is 0 Å². The fourth-order valence-electron chi connectivity index (χ4n) is 2.32. The monoisotopic (exact) mass is 428 g/mol. The molecule has 0 fully saturated rings. The summed E-state index contributed by atoms with van der Waals surface area (Å²) in [5.74, 6) is 3.17. The molecule has 4 nitrogen and oxygen atoms in total. The van der Waals surface area contributed by atoms with Gasteiger partial charge in [0.25, 0.3) is 0 Å². The van der Waals surface area contributed by atoms with Crippen LogP contribution in [0.4, 0.5) is 0 Å². The Labute approximate surface area is 154 Å². The van der Waals surface area contributed by atoms with E-state index in [1.807, 2.05) is 5.82 Å². The van der Waals surface area contributed by atoms with Crippen LogP contribution in [0.15, 0.2) is 48.5 Å². The first-order valence-corrected chi connectivity index (χ1v) is 14.0. The normalized spacial score (nSPS) is 11.7. The third kappa shape index (κ3) is 5.60. The fourth-order valence-corrected chi connectivity index (χ4v) is 6.56. The summed E-state index contributed by atoms with van der Waals surface area (Å²) in [5.41, 5.74) is 1.17. The van der Waals surface area contributed by atoms with Crippen LogP contribution >= 0.6 is 10.1 Å². The maximum absolute atomic E-state index is 12.4. The number of hydrogen-bond acceptors (Lipinski definition) is 4. The molecular weight excluding hydrogens is 407 g/mol. The molecule has 0 unspecified atom stereocenters. The average Bonchev–Trinajstić information content (AvgIpc) is 2.61. The van der Waals surface area contributed by atoms with Gasteiger partial charge in [0.15, 0.2) is 0 Å². The Morgan fingerprint density at radius 2 is 1.12 bits per heavy atom. The zero-order valence-corrected chi connectivity index (χ0v) is 16.9. The molecule has 2 rings (SSSR count). The molecular formula is C19H21ClO4Se. The number of halogens is 1. The predicted molar refractivity (Wildman–Crippen MR) is 102 cm³/mol. The van der Waals surface area contributed by atoms with Crippen molar-refractivity contribution in [1.29, 1.82) is 0 Å². The predicted octanol–water partition coefficient (Wildman–Crippen LogP) is 4.58. The minimum atomic E-state index is -2.73. The van der Waals surface area contributed by atoms with Gasteiger partial charge in [-0.25, -0.2) is 0 Å². The van der Waals surface area contributed by atoms with Crippen molar-refractivity contribution >= 4 is 33.6 Å². The zero-order chi connectivity index (χ0) is 18.4. The van der Waals surface area contributed by atoms with E-state index in [0.717, 1.165) is 0 Å². The number of benzene rings is 2. The van der Waals surface area contributed by atoms with Crippen molar-refractivity contribution in [3.63, 3.8) is 0 Å². The molecule has 0 bridgehead atoms. The van der Waals surface area contributed by atoms with Crippen LogP contribution in [-0.4, -0.2) is 37.7 Å². The second kappa shape index (κ2) is 8.52. The van der Waals surface area contributed by atoms with Crippen molar-refractivity contribution in [2.45, 2.75) is 16.5 Å². The van der Waals surface area contributed by atoms with E-state index in [1.165, 1.54) is 0 Å². The Kier molecular flexibility index (Phi) is 6.65. The molecule has 0 spiro atoms. The van der Waals surface area contributed by atoms with Crippen molar-refractivity contribution in [2.24, 2.45) is 0 Å². The van der Waals surface area contributed by atoms with Crippen molar-refractivity contribution < 1.29 is 19.1 Å². The molecule has 0 saturated heterocycles. The van der Waals surface area contributed by atoms with Gasteiger partial charge in [0.2, 0.25) is 0 Å². The van der Waals surface area contributed by atoms with Crippen LogP contribution in [0.5, 0.6) is 11.5 Å². The topological polar surface area (TPSA) is 52.6 Å². The zero-order valence-electron chi connectivity index (χ0n) is 14.5. The Morgan fingerprint density at radius 1 is 0.800 bits per heavy atom. The number of carbonyl (C=O) groups is 2. The summed E-state index contributed by atoms with van der Waals surface area (Å²) >= 11 is -2.73. The van der Waals surface area contributed by atoms with E-state index in [-0.39, 0.29) is 22.2 Å². The number of Topliss-reactive ketones (excluding diaryl/α,β-unsaturated/α-hetero) is 2. The van der Waals surface area contributed by atoms with E-state index in [2.05, 4.69) is 0 Å². The van der Waals surface area contributed by atoms with Gasteiger partial charge < -0.3 is 0 Å². The summed E-state index contributed by atoms with van der Waals surface area (Å²) in [4.78, 5) is 24.9. The third-order valence-electron chi connectivity index (χ3n) is 3.69. The van der Waals surface area contributed by atoms with Gasteiger partial charge in [-0.3, -0.25) is 0 Å². The first-order valence-electron chi connectivity index (χ1n) is 7.62. The summed E-state index contributed by atoms with van der Waals surface area (Å²) in [5, 5.41) is 0.457. The van der Waals surface area contributed by atoms with Crippen LogP contribution in [0.1, 0.15) is 20.7 Å². The van der Waals surface area contributed by atoms with Crippen molar-refractivity contribution in [2.75, 3.05) is 14.2 Å². The second-order valence-corrected chi connectivity index (χ2v) is 15.7. The molecule has 0 aliphatic rings. The van der Waals surface area contributed by atoms with E-state index < -0.39 is 11.9 Å². The van der Waals surface area contributed by atoms with Gasteiger partial charge in [-0.2, -0.15) is 0 Å². The molecule has 0 aliphatic carbocycles. The van der Waals surface area contributed by atoms with Gasteiger partial charge in [-0.05, 0) is 0 Å². The first kappa shape index (κ1) is 19.5. The molecule has 0 radical (unpaired) electrons. The molecule has 2 aromatic carbocycles. The molecule has 0 saturated carbocycles. The summed E-state index contributed by atoms with van der Waals surface area (Å²) in [6, 6.07) is 13.8. The Bertz CT molecular complexity index is 676. The molecule has 0 amide bonds. The number of hydrogen-bond donors (Lipinski definition) is 0. The molecule has 2 aromatic rings. The minimum absolute atomic E-state index is 0.0392. The number of ketones is 2. The van der Waals surface area contributed by atoms with E-state index in [9.17, 15) is 9.59 Å². The molecule has 25 heavy (non-hydrogen) atoms. The third-order valence-corrected chi connectivity index (χ3v) is 8.45. The van der Waals surface area contributed by atoms with Crippen LogP contribution in [0.25, 0.3) is 0 Å². The Hall–Kier alpha value is -1.81. The van der Waals surface area contributed by atoms with E-state index >= 15 is 0 Å². The summed E-state index contributed by atoms with van der Waals surface area (Å²) < 4.78 is 10.2. The standard InChI is InChI=1S/C19H21ClO4Se/c1-23-16-8-4-14(5-9-16)18(21)12-25(3,20)13-19(22)15-6-10-17(24-2)11-7-15/h4-11H,12-13H2,1-3H3. The average molecular weight is 428 g/mol. The molecule has 6 heteroatoms. The maximum atomic E-state index is 12.4. The van der Waals surface area contributed by atoms with Gasteiger partial charge in [-0.15, -0.1) is 0 Å². The molecule has 134 valence electrons. The molecule has 0 N–H and O–H groups in total.